The van der Waals surface area contributed by atoms with E-state index < -0.39 is 22.9 Å². The summed E-state index contributed by atoms with van der Waals surface area (Å²) >= 11 is 6.00. The van der Waals surface area contributed by atoms with Gasteiger partial charge in [0.25, 0.3) is 5.56 Å². The first-order valence-electron chi connectivity index (χ1n) is 9.42. The fourth-order valence-electron chi connectivity index (χ4n) is 3.27. The van der Waals surface area contributed by atoms with Gasteiger partial charge in [0.05, 0.1) is 17.8 Å². The van der Waals surface area contributed by atoms with E-state index in [0.29, 0.717) is 5.56 Å². The molecule has 32 heavy (non-hydrogen) atoms. The van der Waals surface area contributed by atoms with Gasteiger partial charge in [0.1, 0.15) is 11.6 Å². The number of anilines is 1. The van der Waals surface area contributed by atoms with E-state index in [2.05, 4.69) is 15.5 Å². The number of imidazole rings is 1. The van der Waals surface area contributed by atoms with Gasteiger partial charge in [0.2, 0.25) is 5.95 Å². The second-order valence-electron chi connectivity index (χ2n) is 7.00. The van der Waals surface area contributed by atoms with E-state index in [0.717, 1.165) is 4.57 Å². The van der Waals surface area contributed by atoms with Crippen molar-refractivity contribution in [3.63, 3.8) is 0 Å². The Kier molecular flexibility index (Phi) is 5.62. The van der Waals surface area contributed by atoms with Crippen LogP contribution in [0.1, 0.15) is 11.1 Å². The lowest BCUT2D eigenvalue weighted by atomic mass is 10.2. The topological polar surface area (TPSA) is 86.2 Å². The number of benzene rings is 2. The molecule has 0 aliphatic carbocycles. The summed E-state index contributed by atoms with van der Waals surface area (Å²) in [5.41, 5.74) is 2.02. The van der Waals surface area contributed by atoms with Crippen LogP contribution in [-0.4, -0.2) is 24.9 Å². The zero-order valence-corrected chi connectivity index (χ0v) is 17.8. The molecule has 0 saturated carbocycles. The Bertz CT molecular complexity index is 1470. The molecule has 0 atom stereocenters. The third-order valence-electron chi connectivity index (χ3n) is 4.99. The normalized spacial score (nSPS) is 11.5. The molecule has 0 radical (unpaired) electrons. The van der Waals surface area contributed by atoms with Crippen LogP contribution < -0.4 is 16.7 Å². The molecule has 0 aliphatic heterocycles. The minimum Gasteiger partial charge on any atom is -0.298 e. The Hall–Kier alpha value is -3.79. The van der Waals surface area contributed by atoms with Crippen molar-refractivity contribution in [1.29, 1.82) is 0 Å². The number of nitrogens with zero attached hydrogens (tertiary/aromatic N) is 5. The second kappa shape index (κ2) is 8.39. The van der Waals surface area contributed by atoms with Crippen LogP contribution in [0.25, 0.3) is 11.2 Å². The van der Waals surface area contributed by atoms with Crippen molar-refractivity contribution >= 4 is 34.9 Å². The largest absolute Gasteiger partial charge is 0.332 e. The van der Waals surface area contributed by atoms with E-state index in [1.54, 1.807) is 18.2 Å². The monoisotopic (exact) mass is 458 g/mol. The van der Waals surface area contributed by atoms with Crippen molar-refractivity contribution in [3.05, 3.63) is 91.1 Å². The zero-order chi connectivity index (χ0) is 23.0. The van der Waals surface area contributed by atoms with Gasteiger partial charge in [-0.2, -0.15) is 10.1 Å². The fraction of sp³-hybridized carbons (Fsp3) is 0.143. The summed E-state index contributed by atoms with van der Waals surface area (Å²) in [6.07, 6.45) is 1.17. The molecule has 2 aromatic carbocycles. The van der Waals surface area contributed by atoms with Crippen molar-refractivity contribution < 1.29 is 8.78 Å². The van der Waals surface area contributed by atoms with E-state index in [4.69, 9.17) is 11.6 Å². The minimum absolute atomic E-state index is 0.0572. The van der Waals surface area contributed by atoms with Gasteiger partial charge in [-0.3, -0.25) is 18.5 Å². The van der Waals surface area contributed by atoms with Crippen LogP contribution in [0.2, 0.25) is 5.02 Å². The average Bonchev–Trinajstić information content (AvgIpc) is 3.12. The molecule has 0 unspecified atom stereocenters. The van der Waals surface area contributed by atoms with Crippen molar-refractivity contribution in [2.75, 3.05) is 5.43 Å². The maximum absolute atomic E-state index is 14.3. The van der Waals surface area contributed by atoms with Crippen molar-refractivity contribution in [1.82, 2.24) is 18.7 Å². The number of fused-ring (bicyclic) bond motifs is 1. The van der Waals surface area contributed by atoms with Gasteiger partial charge in [-0.1, -0.05) is 35.9 Å². The van der Waals surface area contributed by atoms with Crippen LogP contribution in [0.15, 0.2) is 57.2 Å². The number of aryl methyl sites for hydroxylation is 1. The number of hydrogen-bond acceptors (Lipinski definition) is 5. The van der Waals surface area contributed by atoms with Crippen LogP contribution in [0.5, 0.6) is 0 Å². The van der Waals surface area contributed by atoms with E-state index in [-0.39, 0.29) is 34.2 Å². The zero-order valence-electron chi connectivity index (χ0n) is 17.0. The van der Waals surface area contributed by atoms with E-state index >= 15 is 0 Å². The molecule has 164 valence electrons. The number of rotatable bonds is 5. The van der Waals surface area contributed by atoms with Crippen molar-refractivity contribution in [2.24, 2.45) is 19.2 Å². The molecule has 11 heteroatoms. The van der Waals surface area contributed by atoms with Gasteiger partial charge in [0.15, 0.2) is 11.2 Å². The van der Waals surface area contributed by atoms with Gasteiger partial charge in [-0.25, -0.2) is 19.0 Å². The maximum Gasteiger partial charge on any atom is 0.332 e. The van der Waals surface area contributed by atoms with Crippen LogP contribution in [0.4, 0.5) is 14.7 Å². The lowest BCUT2D eigenvalue weighted by molar-refractivity contribution is 0.601. The first kappa shape index (κ1) is 21.4. The Morgan fingerprint density at radius 1 is 1.06 bits per heavy atom. The van der Waals surface area contributed by atoms with Crippen molar-refractivity contribution in [3.8, 4) is 0 Å². The minimum atomic E-state index is -0.596. The standard InChI is InChI=1S/C21H17ClF2N6O2/c1-28-18-17(19(31)29(2)21(28)32)30(11-12-6-3-4-8-15(12)23)20(26-18)27-25-10-13-14(22)7-5-9-16(13)24/h3-10H,11H2,1-2H3,(H,26,27)/b25-10+. The summed E-state index contributed by atoms with van der Waals surface area (Å²) < 4.78 is 31.9. The summed E-state index contributed by atoms with van der Waals surface area (Å²) in [5, 5.41) is 4.14. The lowest BCUT2D eigenvalue weighted by Crippen LogP contribution is -2.37. The quantitative estimate of drug-likeness (QED) is 0.368. The Morgan fingerprint density at radius 2 is 1.78 bits per heavy atom. The SMILES string of the molecule is Cn1c(=O)c2c(nc(N/N=C/c3c(F)cccc3Cl)n2Cc2ccccc2F)n(C)c1=O. The summed E-state index contributed by atoms with van der Waals surface area (Å²) in [4.78, 5) is 29.5. The molecule has 4 rings (SSSR count). The van der Waals surface area contributed by atoms with E-state index in [1.807, 2.05) is 0 Å². The average molecular weight is 459 g/mol. The summed E-state index contributed by atoms with van der Waals surface area (Å²) in [5.74, 6) is -0.979. The number of nitrogens with one attached hydrogen (secondary N) is 1. The molecule has 4 aromatic rings. The van der Waals surface area contributed by atoms with E-state index in [9.17, 15) is 18.4 Å². The first-order chi connectivity index (χ1) is 15.3. The molecule has 0 spiro atoms. The third kappa shape index (κ3) is 3.69. The lowest BCUT2D eigenvalue weighted by Gasteiger charge is -2.10. The molecule has 0 aliphatic rings. The number of hydrogen-bond donors (Lipinski definition) is 1. The molecule has 0 bridgehead atoms. The van der Waals surface area contributed by atoms with Crippen molar-refractivity contribution in [2.45, 2.75) is 6.54 Å². The Labute approximate surface area is 185 Å². The first-order valence-corrected chi connectivity index (χ1v) is 9.80. The molecule has 0 saturated heterocycles. The number of halogens is 3. The highest BCUT2D eigenvalue weighted by Gasteiger charge is 2.20. The Balaban J connectivity index is 1.86. The molecule has 0 fully saturated rings. The maximum atomic E-state index is 14.3. The van der Waals surface area contributed by atoms with Gasteiger partial charge in [0, 0.05) is 25.2 Å². The van der Waals surface area contributed by atoms with Crippen LogP contribution in [0, 0.1) is 11.6 Å². The summed E-state index contributed by atoms with van der Waals surface area (Å²) in [6.45, 7) is -0.0606. The van der Waals surface area contributed by atoms with Gasteiger partial charge in [-0.05, 0) is 18.2 Å². The number of aromatic nitrogens is 4. The second-order valence-corrected chi connectivity index (χ2v) is 7.40. The molecule has 2 heterocycles. The predicted molar refractivity (Wildman–Crippen MR) is 118 cm³/mol. The Morgan fingerprint density at radius 3 is 2.50 bits per heavy atom. The number of hydrazone groups is 1. The summed E-state index contributed by atoms with van der Waals surface area (Å²) in [7, 11) is 2.81. The highest BCUT2D eigenvalue weighted by molar-refractivity contribution is 6.33. The van der Waals surface area contributed by atoms with E-state index in [1.165, 1.54) is 53.7 Å². The molecular formula is C21H17ClF2N6O2. The predicted octanol–water partition coefficient (Wildman–Crippen LogP) is 2.86. The highest BCUT2D eigenvalue weighted by Crippen LogP contribution is 2.20. The molecule has 0 amide bonds. The van der Waals surface area contributed by atoms with Crippen LogP contribution in [0.3, 0.4) is 0 Å². The third-order valence-corrected chi connectivity index (χ3v) is 5.32. The van der Waals surface area contributed by atoms with Crippen LogP contribution in [-0.2, 0) is 20.6 Å². The van der Waals surface area contributed by atoms with Gasteiger partial charge in [-0.15, -0.1) is 0 Å². The molecule has 2 aromatic heterocycles. The molecular weight excluding hydrogens is 442 g/mol. The highest BCUT2D eigenvalue weighted by atomic mass is 35.5. The van der Waals surface area contributed by atoms with Crippen LogP contribution >= 0.6 is 11.6 Å². The van der Waals surface area contributed by atoms with Gasteiger partial charge >= 0.3 is 5.69 Å². The van der Waals surface area contributed by atoms with Gasteiger partial charge < -0.3 is 0 Å². The molecule has 8 nitrogen and oxygen atoms in total. The summed E-state index contributed by atoms with van der Waals surface area (Å²) in [6, 6.07) is 10.3. The fourth-order valence-corrected chi connectivity index (χ4v) is 3.48. The smallest absolute Gasteiger partial charge is 0.298 e. The molecule has 1 N–H and O–H groups in total.